The second-order valence-corrected chi connectivity index (χ2v) is 10.0. The lowest BCUT2D eigenvalue weighted by molar-refractivity contribution is -0.133. The summed E-state index contributed by atoms with van der Waals surface area (Å²) in [5.41, 5.74) is 2.03. The molecular weight excluding hydrogens is 425 g/mol. The number of rotatable bonds is 8. The Morgan fingerprint density at radius 2 is 1.75 bits per heavy atom. The van der Waals surface area contributed by atoms with E-state index in [2.05, 4.69) is 11.4 Å². The Morgan fingerprint density at radius 3 is 2.38 bits per heavy atom. The van der Waals surface area contributed by atoms with Crippen molar-refractivity contribution in [2.45, 2.75) is 77.0 Å². The molecule has 2 saturated carbocycles. The number of aryl methyl sites for hydroxylation is 1. The number of hydrogen-bond acceptors (Lipinski definition) is 3. The fraction of sp³-hybridized carbons (Fsp3) is 0.520. The van der Waals surface area contributed by atoms with Gasteiger partial charge in [0.1, 0.15) is 12.4 Å². The minimum atomic E-state index is -0.292. The average molecular weight is 458 g/mol. The molecule has 1 N–H and O–H groups in total. The van der Waals surface area contributed by atoms with Crippen molar-refractivity contribution in [2.24, 2.45) is 0 Å². The van der Waals surface area contributed by atoms with Gasteiger partial charge in [-0.2, -0.15) is 0 Å². The van der Waals surface area contributed by atoms with Gasteiger partial charge >= 0.3 is 6.03 Å². The molecule has 3 amide bonds. The Kier molecular flexibility index (Phi) is 7.45. The van der Waals surface area contributed by atoms with E-state index in [1.54, 1.807) is 33.3 Å². The van der Waals surface area contributed by atoms with Crippen LogP contribution in [0.15, 0.2) is 35.7 Å². The number of halogens is 1. The summed E-state index contributed by atoms with van der Waals surface area (Å²) in [7, 11) is 0. The van der Waals surface area contributed by atoms with Crippen molar-refractivity contribution in [3.05, 3.63) is 57.5 Å². The third-order valence-corrected chi connectivity index (χ3v) is 7.44. The molecule has 0 saturated heterocycles. The molecule has 0 atom stereocenters. The number of urea groups is 1. The normalized spacial score (nSPS) is 16.6. The van der Waals surface area contributed by atoms with Gasteiger partial charge in [0.25, 0.3) is 0 Å². The highest BCUT2D eigenvalue weighted by Crippen LogP contribution is 2.28. The number of nitrogens with one attached hydrogen (secondary N) is 1. The van der Waals surface area contributed by atoms with E-state index in [4.69, 9.17) is 0 Å². The lowest BCUT2D eigenvalue weighted by Crippen LogP contribution is -2.50. The van der Waals surface area contributed by atoms with Gasteiger partial charge in [0.2, 0.25) is 5.91 Å². The standard InChI is InChI=1S/C25H32FN3O2S/c1-18-13-14-32-23(18)16-28(15-19-7-9-20(26)10-8-19)24(30)17-29(22-11-12-22)25(31)27-21-5-3-2-4-6-21/h7-10,13-14,21-22H,2-6,11-12,15-17H2,1H3,(H,27,31). The molecule has 0 spiro atoms. The van der Waals surface area contributed by atoms with Crippen molar-refractivity contribution in [3.8, 4) is 0 Å². The van der Waals surface area contributed by atoms with E-state index in [0.29, 0.717) is 13.1 Å². The molecule has 0 unspecified atom stereocenters. The molecule has 172 valence electrons. The van der Waals surface area contributed by atoms with Crippen LogP contribution < -0.4 is 5.32 Å². The monoisotopic (exact) mass is 457 g/mol. The maximum Gasteiger partial charge on any atom is 0.318 e. The van der Waals surface area contributed by atoms with Gasteiger partial charge in [0, 0.05) is 23.5 Å². The first-order valence-electron chi connectivity index (χ1n) is 11.6. The number of carbonyl (C=O) groups is 2. The molecule has 7 heteroatoms. The molecule has 1 heterocycles. The largest absolute Gasteiger partial charge is 0.335 e. The Bertz CT molecular complexity index is 920. The van der Waals surface area contributed by atoms with Gasteiger partial charge in [-0.05, 0) is 67.3 Å². The SMILES string of the molecule is Cc1ccsc1CN(Cc1ccc(F)cc1)C(=O)CN(C(=O)NC1CCCCC1)C1CC1. The summed E-state index contributed by atoms with van der Waals surface area (Å²) >= 11 is 1.63. The highest BCUT2D eigenvalue weighted by Gasteiger charge is 2.35. The van der Waals surface area contributed by atoms with Crippen LogP contribution in [-0.2, 0) is 17.9 Å². The Morgan fingerprint density at radius 1 is 1.03 bits per heavy atom. The quantitative estimate of drug-likeness (QED) is 0.590. The van der Waals surface area contributed by atoms with Crippen molar-refractivity contribution < 1.29 is 14.0 Å². The van der Waals surface area contributed by atoms with E-state index >= 15 is 0 Å². The minimum Gasteiger partial charge on any atom is -0.335 e. The van der Waals surface area contributed by atoms with Gasteiger partial charge in [-0.25, -0.2) is 9.18 Å². The maximum atomic E-state index is 13.4. The first-order valence-corrected chi connectivity index (χ1v) is 12.5. The Balaban J connectivity index is 1.46. The van der Waals surface area contributed by atoms with E-state index in [1.165, 1.54) is 18.6 Å². The smallest absolute Gasteiger partial charge is 0.318 e. The van der Waals surface area contributed by atoms with Gasteiger partial charge in [-0.3, -0.25) is 4.79 Å². The molecule has 2 fully saturated rings. The van der Waals surface area contributed by atoms with Gasteiger partial charge in [-0.1, -0.05) is 31.4 Å². The first kappa shape index (κ1) is 22.8. The van der Waals surface area contributed by atoms with Gasteiger partial charge < -0.3 is 15.1 Å². The number of nitrogens with zero attached hydrogens (tertiary/aromatic N) is 2. The summed E-state index contributed by atoms with van der Waals surface area (Å²) in [6, 6.07) is 8.58. The van der Waals surface area contributed by atoms with Gasteiger partial charge in [0.15, 0.2) is 0 Å². The van der Waals surface area contributed by atoms with Crippen LogP contribution in [0.2, 0.25) is 0 Å². The first-order chi connectivity index (χ1) is 15.5. The number of benzene rings is 1. The van der Waals surface area contributed by atoms with E-state index in [-0.39, 0.29) is 36.4 Å². The van der Waals surface area contributed by atoms with Crippen molar-refractivity contribution in [2.75, 3.05) is 6.54 Å². The zero-order valence-electron chi connectivity index (χ0n) is 18.7. The molecule has 2 aromatic rings. The third-order valence-electron chi connectivity index (χ3n) is 6.43. The van der Waals surface area contributed by atoms with E-state index in [1.807, 2.05) is 12.3 Å². The van der Waals surface area contributed by atoms with Crippen LogP contribution >= 0.6 is 11.3 Å². The Labute approximate surface area is 193 Å². The summed E-state index contributed by atoms with van der Waals surface area (Å²) in [6.07, 6.45) is 7.48. The molecule has 0 aliphatic heterocycles. The summed E-state index contributed by atoms with van der Waals surface area (Å²) in [5.74, 6) is -0.368. The predicted molar refractivity (Wildman–Crippen MR) is 125 cm³/mol. The van der Waals surface area contributed by atoms with Crippen molar-refractivity contribution in [1.29, 1.82) is 0 Å². The third kappa shape index (κ3) is 6.09. The van der Waals surface area contributed by atoms with Crippen molar-refractivity contribution in [1.82, 2.24) is 15.1 Å². The lowest BCUT2D eigenvalue weighted by atomic mass is 9.96. The van der Waals surface area contributed by atoms with Crippen LogP contribution in [0.3, 0.4) is 0 Å². The highest BCUT2D eigenvalue weighted by atomic mass is 32.1. The van der Waals surface area contributed by atoms with Crippen molar-refractivity contribution in [3.63, 3.8) is 0 Å². The molecule has 1 aromatic carbocycles. The lowest BCUT2D eigenvalue weighted by Gasteiger charge is -2.30. The zero-order chi connectivity index (χ0) is 22.5. The number of hydrogen-bond donors (Lipinski definition) is 1. The fourth-order valence-corrected chi connectivity index (χ4v) is 5.21. The zero-order valence-corrected chi connectivity index (χ0v) is 19.5. The van der Waals surface area contributed by atoms with Crippen LogP contribution in [0.1, 0.15) is 60.9 Å². The second kappa shape index (κ2) is 10.5. The molecule has 4 rings (SSSR count). The predicted octanol–water partition coefficient (Wildman–Crippen LogP) is 5.23. The molecule has 32 heavy (non-hydrogen) atoms. The number of amides is 3. The average Bonchev–Trinajstić information content (AvgIpc) is 3.55. The van der Waals surface area contributed by atoms with Crippen LogP contribution in [-0.4, -0.2) is 40.4 Å². The van der Waals surface area contributed by atoms with Crippen LogP contribution in [0.4, 0.5) is 9.18 Å². The molecule has 2 aliphatic carbocycles. The summed E-state index contributed by atoms with van der Waals surface area (Å²) < 4.78 is 13.4. The minimum absolute atomic E-state index is 0.0761. The maximum absolute atomic E-state index is 13.4. The molecule has 1 aromatic heterocycles. The van der Waals surface area contributed by atoms with Crippen LogP contribution in [0.25, 0.3) is 0 Å². The summed E-state index contributed by atoms with van der Waals surface area (Å²) in [5, 5.41) is 5.20. The van der Waals surface area contributed by atoms with E-state index < -0.39 is 0 Å². The van der Waals surface area contributed by atoms with Crippen LogP contribution in [0, 0.1) is 12.7 Å². The molecule has 5 nitrogen and oxygen atoms in total. The van der Waals surface area contributed by atoms with Crippen LogP contribution in [0.5, 0.6) is 0 Å². The van der Waals surface area contributed by atoms with E-state index in [0.717, 1.165) is 54.5 Å². The topological polar surface area (TPSA) is 52.7 Å². The Hall–Kier alpha value is -2.41. The molecular formula is C25H32FN3O2S. The van der Waals surface area contributed by atoms with Gasteiger partial charge in [0.05, 0.1) is 6.54 Å². The van der Waals surface area contributed by atoms with Crippen molar-refractivity contribution >= 4 is 23.3 Å². The number of carbonyl (C=O) groups excluding carboxylic acids is 2. The van der Waals surface area contributed by atoms with E-state index in [9.17, 15) is 14.0 Å². The fourth-order valence-electron chi connectivity index (χ4n) is 4.28. The molecule has 0 radical (unpaired) electrons. The summed E-state index contributed by atoms with van der Waals surface area (Å²) in [4.78, 5) is 31.1. The second-order valence-electron chi connectivity index (χ2n) is 9.05. The highest BCUT2D eigenvalue weighted by molar-refractivity contribution is 7.10. The molecule has 0 bridgehead atoms. The summed E-state index contributed by atoms with van der Waals surface area (Å²) in [6.45, 7) is 3.00. The molecule has 2 aliphatic rings. The number of thiophene rings is 1. The van der Waals surface area contributed by atoms with Gasteiger partial charge in [-0.15, -0.1) is 11.3 Å².